The average molecular weight is 444 g/mol. The van der Waals surface area contributed by atoms with Crippen LogP contribution >= 0.6 is 34.2 Å². The summed E-state index contributed by atoms with van der Waals surface area (Å²) in [5, 5.41) is 3.58. The molecule has 1 amide bonds. The maximum atomic E-state index is 12.2. The molecule has 0 bridgehead atoms. The molecule has 0 saturated heterocycles. The van der Waals surface area contributed by atoms with Crippen LogP contribution in [-0.4, -0.2) is 25.0 Å². The summed E-state index contributed by atoms with van der Waals surface area (Å²) in [4.78, 5) is 32.5. The highest BCUT2D eigenvalue weighted by Gasteiger charge is 2.15. The Balaban J connectivity index is 1.90. The molecule has 0 atom stereocenters. The Kier molecular flexibility index (Phi) is 4.35. The third-order valence-electron chi connectivity index (χ3n) is 3.25. The van der Waals surface area contributed by atoms with Gasteiger partial charge in [-0.2, -0.15) is 0 Å². The maximum Gasteiger partial charge on any atom is 0.263 e. The number of halogens is 2. The third kappa shape index (κ3) is 3.08. The Morgan fingerprint density at radius 2 is 2.26 bits per heavy atom. The van der Waals surface area contributed by atoms with Crippen LogP contribution in [0.25, 0.3) is 11.0 Å². The lowest BCUT2D eigenvalue weighted by atomic mass is 10.4. The van der Waals surface area contributed by atoms with E-state index >= 15 is 0 Å². The van der Waals surface area contributed by atoms with Crippen molar-refractivity contribution in [2.75, 3.05) is 5.32 Å². The van der Waals surface area contributed by atoms with Crippen molar-refractivity contribution in [3.63, 3.8) is 0 Å². The van der Waals surface area contributed by atoms with Crippen molar-refractivity contribution >= 4 is 56.8 Å². The summed E-state index contributed by atoms with van der Waals surface area (Å²) < 4.78 is 3.80. The number of hydrogen-bond donors (Lipinski definition) is 1. The van der Waals surface area contributed by atoms with Crippen molar-refractivity contribution in [3.05, 3.63) is 49.9 Å². The van der Waals surface area contributed by atoms with Crippen LogP contribution < -0.4 is 10.9 Å². The summed E-state index contributed by atoms with van der Waals surface area (Å²) in [6.07, 6.45) is 6.17. The molecular formula is C14H11ClIN5O2. The summed E-state index contributed by atoms with van der Waals surface area (Å²) in [6.45, 7) is 0.0261. The predicted octanol–water partition coefficient (Wildman–Crippen LogP) is 2.03. The van der Waals surface area contributed by atoms with Gasteiger partial charge in [-0.3, -0.25) is 14.6 Å². The van der Waals surface area contributed by atoms with Crippen molar-refractivity contribution in [2.45, 2.75) is 6.54 Å². The van der Waals surface area contributed by atoms with Gasteiger partial charge in [-0.25, -0.2) is 4.98 Å². The molecule has 118 valence electrons. The minimum atomic E-state index is -0.270. The Labute approximate surface area is 149 Å². The first kappa shape index (κ1) is 15.9. The minimum absolute atomic E-state index is 0.0261. The molecule has 0 aliphatic rings. The summed E-state index contributed by atoms with van der Waals surface area (Å²) in [5.74, 6) is -0.270. The van der Waals surface area contributed by atoms with Crippen LogP contribution in [0, 0.1) is 3.57 Å². The second-order valence-corrected chi connectivity index (χ2v) is 6.44. The number of aryl methyl sites for hydroxylation is 1. The first-order valence-electron chi connectivity index (χ1n) is 6.56. The number of amides is 1. The summed E-state index contributed by atoms with van der Waals surface area (Å²) in [7, 11) is 1.64. The van der Waals surface area contributed by atoms with Crippen LogP contribution in [-0.2, 0) is 18.4 Å². The Morgan fingerprint density at radius 1 is 1.48 bits per heavy atom. The molecule has 0 aliphatic heterocycles. The van der Waals surface area contributed by atoms with E-state index in [1.807, 2.05) is 0 Å². The molecule has 0 radical (unpaired) electrons. The molecule has 9 heteroatoms. The smallest absolute Gasteiger partial charge is 0.263 e. The van der Waals surface area contributed by atoms with E-state index in [0.717, 1.165) is 3.57 Å². The van der Waals surface area contributed by atoms with E-state index in [1.54, 1.807) is 30.1 Å². The number of carbonyl (C=O) groups excluding carboxylic acids is 1. The second-order valence-electron chi connectivity index (χ2n) is 4.87. The second kappa shape index (κ2) is 6.28. The van der Waals surface area contributed by atoms with E-state index in [-0.39, 0.29) is 18.0 Å². The number of fused-ring (bicyclic) bond motifs is 1. The topological polar surface area (TPSA) is 81.8 Å². The normalized spacial score (nSPS) is 10.9. The molecule has 7 nitrogen and oxygen atoms in total. The SMILES string of the molecule is Cn1cnc2c(c(I)cn2CC(=O)Nc2ccncc2Cl)c1=O. The molecule has 3 rings (SSSR count). The number of aromatic nitrogens is 4. The largest absolute Gasteiger partial charge is 0.323 e. The van der Waals surface area contributed by atoms with Crippen LogP contribution in [0.1, 0.15) is 0 Å². The first-order valence-corrected chi connectivity index (χ1v) is 8.02. The van der Waals surface area contributed by atoms with Gasteiger partial charge >= 0.3 is 0 Å². The van der Waals surface area contributed by atoms with Gasteiger partial charge < -0.3 is 14.5 Å². The molecule has 0 unspecified atom stereocenters. The van der Waals surface area contributed by atoms with Crippen LogP contribution in [0.15, 0.2) is 35.8 Å². The minimum Gasteiger partial charge on any atom is -0.323 e. The molecule has 0 aromatic carbocycles. The first-order chi connectivity index (χ1) is 11.0. The summed E-state index contributed by atoms with van der Waals surface area (Å²) in [6, 6.07) is 1.62. The zero-order valence-corrected chi connectivity index (χ0v) is 14.9. The highest BCUT2D eigenvalue weighted by molar-refractivity contribution is 14.1. The molecule has 0 fully saturated rings. The molecular weight excluding hydrogens is 433 g/mol. The Bertz CT molecular complexity index is 965. The molecule has 0 saturated carbocycles. The third-order valence-corrected chi connectivity index (χ3v) is 4.37. The number of rotatable bonds is 3. The summed E-state index contributed by atoms with van der Waals surface area (Å²) in [5.41, 5.74) is 0.825. The molecule has 0 aliphatic carbocycles. The van der Waals surface area contributed by atoms with Gasteiger partial charge in [0.2, 0.25) is 5.91 Å². The van der Waals surface area contributed by atoms with Crippen molar-refractivity contribution in [1.82, 2.24) is 19.1 Å². The average Bonchev–Trinajstić information content (AvgIpc) is 2.82. The van der Waals surface area contributed by atoms with Gasteiger partial charge in [0.05, 0.1) is 22.4 Å². The fraction of sp³-hybridized carbons (Fsp3) is 0.143. The van der Waals surface area contributed by atoms with Crippen molar-refractivity contribution in [2.24, 2.45) is 7.05 Å². The van der Waals surface area contributed by atoms with E-state index in [2.05, 4.69) is 37.9 Å². The lowest BCUT2D eigenvalue weighted by Crippen LogP contribution is -2.20. The van der Waals surface area contributed by atoms with Crippen molar-refractivity contribution < 1.29 is 4.79 Å². The predicted molar refractivity (Wildman–Crippen MR) is 95.6 cm³/mol. The molecule has 23 heavy (non-hydrogen) atoms. The zero-order chi connectivity index (χ0) is 16.6. The van der Waals surface area contributed by atoms with Crippen LogP contribution in [0.4, 0.5) is 5.69 Å². The standard InChI is InChI=1S/C14H11ClIN5O2/c1-20-7-18-13-12(14(20)23)9(16)5-21(13)6-11(22)19-10-2-3-17-4-8(10)15/h2-5,7H,6H2,1H3,(H,17,19,22). The number of anilines is 1. The fourth-order valence-electron chi connectivity index (χ4n) is 2.16. The molecule has 1 N–H and O–H groups in total. The van der Waals surface area contributed by atoms with Crippen LogP contribution in [0.2, 0.25) is 5.02 Å². The molecule has 3 aromatic rings. The van der Waals surface area contributed by atoms with Gasteiger partial charge in [0.15, 0.2) is 0 Å². The van der Waals surface area contributed by atoms with Crippen LogP contribution in [0.3, 0.4) is 0 Å². The van der Waals surface area contributed by atoms with Crippen LogP contribution in [0.5, 0.6) is 0 Å². The maximum absolute atomic E-state index is 12.2. The van der Waals surface area contributed by atoms with Gasteiger partial charge in [-0.15, -0.1) is 0 Å². The fourth-order valence-corrected chi connectivity index (χ4v) is 3.14. The number of pyridine rings is 1. The van der Waals surface area contributed by atoms with Gasteiger partial charge in [0.1, 0.15) is 12.2 Å². The van der Waals surface area contributed by atoms with Gasteiger partial charge in [-0.1, -0.05) is 11.6 Å². The lowest BCUT2D eigenvalue weighted by molar-refractivity contribution is -0.116. The Morgan fingerprint density at radius 3 is 3.00 bits per heavy atom. The van der Waals surface area contributed by atoms with Gasteiger partial charge in [-0.05, 0) is 28.7 Å². The monoisotopic (exact) mass is 443 g/mol. The Hall–Kier alpha value is -1.94. The quantitative estimate of drug-likeness (QED) is 0.628. The molecule has 3 aromatic heterocycles. The summed E-state index contributed by atoms with van der Waals surface area (Å²) >= 11 is 8.03. The van der Waals surface area contributed by atoms with Gasteiger partial charge in [0, 0.05) is 29.2 Å². The molecule has 0 spiro atoms. The number of hydrogen-bond acceptors (Lipinski definition) is 4. The van der Waals surface area contributed by atoms with E-state index in [9.17, 15) is 9.59 Å². The lowest BCUT2D eigenvalue weighted by Gasteiger charge is -2.08. The van der Waals surface area contributed by atoms with E-state index < -0.39 is 0 Å². The number of nitrogens with one attached hydrogen (secondary N) is 1. The molecule has 3 heterocycles. The van der Waals surface area contributed by atoms with E-state index in [0.29, 0.717) is 21.7 Å². The van der Waals surface area contributed by atoms with E-state index in [4.69, 9.17) is 11.6 Å². The van der Waals surface area contributed by atoms with Crippen molar-refractivity contribution in [1.29, 1.82) is 0 Å². The van der Waals surface area contributed by atoms with E-state index in [1.165, 1.54) is 17.1 Å². The number of carbonyl (C=O) groups is 1. The number of nitrogens with zero attached hydrogens (tertiary/aromatic N) is 4. The zero-order valence-electron chi connectivity index (χ0n) is 12.0. The van der Waals surface area contributed by atoms with Crippen molar-refractivity contribution in [3.8, 4) is 0 Å². The van der Waals surface area contributed by atoms with Gasteiger partial charge in [0.25, 0.3) is 5.56 Å². The highest BCUT2D eigenvalue weighted by atomic mass is 127. The highest BCUT2D eigenvalue weighted by Crippen LogP contribution is 2.20.